The van der Waals surface area contributed by atoms with Gasteiger partial charge in [-0.15, -0.1) is 0 Å². The number of hydrogen-bond donors (Lipinski definition) is 1. The highest BCUT2D eigenvalue weighted by Gasteiger charge is 2.24. The number of carbonyl (C=O) groups excluding carboxylic acids is 2. The third-order valence-corrected chi connectivity index (χ3v) is 6.40. The summed E-state index contributed by atoms with van der Waals surface area (Å²) in [6.45, 7) is 5.66. The summed E-state index contributed by atoms with van der Waals surface area (Å²) >= 11 is 0. The van der Waals surface area contributed by atoms with Gasteiger partial charge in [0, 0.05) is 50.6 Å². The van der Waals surface area contributed by atoms with Crippen molar-refractivity contribution >= 4 is 22.8 Å². The summed E-state index contributed by atoms with van der Waals surface area (Å²) < 4.78 is 14.7. The number of halogens is 1. The fourth-order valence-electron chi connectivity index (χ4n) is 4.54. The smallest absolute Gasteiger partial charge is 0.253 e. The molecule has 0 atom stereocenters. The van der Waals surface area contributed by atoms with Gasteiger partial charge in [-0.2, -0.15) is 5.10 Å². The molecule has 1 saturated heterocycles. The van der Waals surface area contributed by atoms with Crippen LogP contribution in [-0.2, 0) is 29.5 Å². The van der Waals surface area contributed by atoms with E-state index in [0.29, 0.717) is 43.8 Å². The molecule has 0 bridgehead atoms. The van der Waals surface area contributed by atoms with Crippen LogP contribution in [0, 0.1) is 19.7 Å². The Labute approximate surface area is 191 Å². The quantitative estimate of drug-likeness (QED) is 0.639. The number of rotatable bonds is 5. The zero-order valence-electron chi connectivity index (χ0n) is 19.2. The van der Waals surface area contributed by atoms with Gasteiger partial charge in [0.25, 0.3) is 5.56 Å². The van der Waals surface area contributed by atoms with Crippen LogP contribution < -0.4 is 5.56 Å². The van der Waals surface area contributed by atoms with Crippen LogP contribution in [0.5, 0.6) is 0 Å². The number of H-pyrrole nitrogens is 1. The minimum Gasteiger partial charge on any atom is -0.339 e. The van der Waals surface area contributed by atoms with Gasteiger partial charge in [-0.25, -0.2) is 4.39 Å². The van der Waals surface area contributed by atoms with E-state index < -0.39 is 0 Å². The molecule has 2 amide bonds. The van der Waals surface area contributed by atoms with E-state index >= 15 is 0 Å². The van der Waals surface area contributed by atoms with Gasteiger partial charge in [0.1, 0.15) is 11.5 Å². The summed E-state index contributed by atoms with van der Waals surface area (Å²) in [4.78, 5) is 44.3. The molecule has 1 aliphatic heterocycles. The lowest BCUT2D eigenvalue weighted by molar-refractivity contribution is -0.139. The Morgan fingerprint density at radius 1 is 1.03 bits per heavy atom. The van der Waals surface area contributed by atoms with E-state index in [1.807, 2.05) is 13.8 Å². The average molecular weight is 454 g/mol. The molecule has 9 heteroatoms. The van der Waals surface area contributed by atoms with E-state index in [4.69, 9.17) is 0 Å². The summed E-state index contributed by atoms with van der Waals surface area (Å²) in [7, 11) is 1.79. The third-order valence-electron chi connectivity index (χ3n) is 6.40. The molecule has 3 heterocycles. The Morgan fingerprint density at radius 2 is 1.64 bits per heavy atom. The number of piperazine rings is 1. The lowest BCUT2D eigenvalue weighted by atomic mass is 10.0. The minimum atomic E-state index is -0.328. The molecule has 0 unspecified atom stereocenters. The van der Waals surface area contributed by atoms with Gasteiger partial charge in [0.15, 0.2) is 0 Å². The number of aryl methyl sites for hydroxylation is 3. The van der Waals surface area contributed by atoms with Gasteiger partial charge in [-0.1, -0.05) is 12.1 Å². The molecule has 3 aromatic rings. The number of benzene rings is 1. The van der Waals surface area contributed by atoms with E-state index in [2.05, 4.69) is 10.1 Å². The summed E-state index contributed by atoms with van der Waals surface area (Å²) in [6, 6.07) is 5.92. The Bertz CT molecular complexity index is 1250. The second-order valence-electron chi connectivity index (χ2n) is 8.56. The first-order chi connectivity index (χ1) is 15.7. The number of amides is 2. The molecule has 1 fully saturated rings. The molecule has 1 N–H and O–H groups in total. The van der Waals surface area contributed by atoms with Gasteiger partial charge in [-0.05, 0) is 43.5 Å². The minimum absolute atomic E-state index is 0.0255. The van der Waals surface area contributed by atoms with Crippen molar-refractivity contribution in [1.29, 1.82) is 0 Å². The molecule has 33 heavy (non-hydrogen) atoms. The standard InChI is InChI=1S/C24H28FN5O3/c1-15-19(24(33)26-23-22(15)16(2)27-28(23)3)8-9-20(31)29-10-12-30(13-11-29)21(32)14-17-4-6-18(25)7-5-17/h4-7H,8-14H2,1-3H3,(H,26,33). The largest absolute Gasteiger partial charge is 0.339 e. The predicted molar refractivity (Wildman–Crippen MR) is 122 cm³/mol. The van der Waals surface area contributed by atoms with Gasteiger partial charge in [0.05, 0.1) is 12.1 Å². The molecule has 1 aromatic carbocycles. The maximum absolute atomic E-state index is 13.0. The average Bonchev–Trinajstić information content (AvgIpc) is 3.08. The van der Waals surface area contributed by atoms with Crippen LogP contribution in [0.15, 0.2) is 29.1 Å². The lowest BCUT2D eigenvalue weighted by Gasteiger charge is -2.35. The highest BCUT2D eigenvalue weighted by molar-refractivity contribution is 5.83. The Hall–Kier alpha value is -3.49. The van der Waals surface area contributed by atoms with Crippen molar-refractivity contribution in [3.8, 4) is 0 Å². The van der Waals surface area contributed by atoms with Crippen molar-refractivity contribution in [1.82, 2.24) is 24.6 Å². The highest BCUT2D eigenvalue weighted by Crippen LogP contribution is 2.21. The molecule has 174 valence electrons. The first-order valence-electron chi connectivity index (χ1n) is 11.1. The molecule has 0 spiro atoms. The van der Waals surface area contributed by atoms with Gasteiger partial charge < -0.3 is 14.8 Å². The zero-order valence-corrected chi connectivity index (χ0v) is 19.2. The van der Waals surface area contributed by atoms with E-state index in [9.17, 15) is 18.8 Å². The number of pyridine rings is 1. The molecule has 8 nitrogen and oxygen atoms in total. The van der Waals surface area contributed by atoms with Crippen LogP contribution in [-0.4, -0.2) is 62.6 Å². The SMILES string of the molecule is Cc1nn(C)c2[nH]c(=O)c(CCC(=O)N3CCN(C(=O)Cc4ccc(F)cc4)CC3)c(C)c12. The molecule has 0 aliphatic carbocycles. The van der Waals surface area contributed by atoms with Crippen molar-refractivity contribution in [2.24, 2.45) is 7.05 Å². The van der Waals surface area contributed by atoms with Gasteiger partial charge >= 0.3 is 0 Å². The molecule has 2 aromatic heterocycles. The lowest BCUT2D eigenvalue weighted by Crippen LogP contribution is -2.51. The predicted octanol–water partition coefficient (Wildman–Crippen LogP) is 1.86. The van der Waals surface area contributed by atoms with Crippen molar-refractivity contribution < 1.29 is 14.0 Å². The monoisotopic (exact) mass is 453 g/mol. The summed E-state index contributed by atoms with van der Waals surface area (Å²) in [6.07, 6.45) is 0.804. The van der Waals surface area contributed by atoms with Gasteiger partial charge in [-0.3, -0.25) is 19.1 Å². The van der Waals surface area contributed by atoms with Crippen molar-refractivity contribution in [3.05, 3.63) is 62.8 Å². The van der Waals surface area contributed by atoms with Crippen LogP contribution in [0.25, 0.3) is 11.0 Å². The van der Waals surface area contributed by atoms with Crippen LogP contribution in [0.2, 0.25) is 0 Å². The number of aromatic nitrogens is 3. The Morgan fingerprint density at radius 3 is 2.27 bits per heavy atom. The van der Waals surface area contributed by atoms with Crippen LogP contribution >= 0.6 is 0 Å². The number of nitrogens with zero attached hydrogens (tertiary/aromatic N) is 4. The first-order valence-corrected chi connectivity index (χ1v) is 11.1. The number of fused-ring (bicyclic) bond motifs is 1. The van der Waals surface area contributed by atoms with Crippen molar-refractivity contribution in [3.63, 3.8) is 0 Å². The third kappa shape index (κ3) is 4.67. The fourth-order valence-corrected chi connectivity index (χ4v) is 4.54. The van der Waals surface area contributed by atoms with Gasteiger partial charge in [0.2, 0.25) is 11.8 Å². The van der Waals surface area contributed by atoms with E-state index in [0.717, 1.165) is 22.2 Å². The molecule has 1 aliphatic rings. The maximum Gasteiger partial charge on any atom is 0.253 e. The van der Waals surface area contributed by atoms with Crippen molar-refractivity contribution in [2.45, 2.75) is 33.1 Å². The number of aromatic amines is 1. The van der Waals surface area contributed by atoms with Crippen molar-refractivity contribution in [2.75, 3.05) is 26.2 Å². The normalized spacial score (nSPS) is 14.2. The second-order valence-corrected chi connectivity index (χ2v) is 8.56. The van der Waals surface area contributed by atoms with E-state index in [1.165, 1.54) is 12.1 Å². The maximum atomic E-state index is 13.0. The number of carbonyl (C=O) groups is 2. The zero-order chi connectivity index (χ0) is 23.7. The Balaban J connectivity index is 1.33. The first kappa shape index (κ1) is 22.7. The second kappa shape index (κ2) is 9.17. The topological polar surface area (TPSA) is 91.3 Å². The molecular formula is C24H28FN5O3. The van der Waals surface area contributed by atoms with Crippen LogP contribution in [0.1, 0.15) is 28.8 Å². The summed E-state index contributed by atoms with van der Waals surface area (Å²) in [5.41, 5.74) is 3.58. The molecule has 0 radical (unpaired) electrons. The van der Waals surface area contributed by atoms with Crippen LogP contribution in [0.3, 0.4) is 0 Å². The molecular weight excluding hydrogens is 425 g/mol. The summed E-state index contributed by atoms with van der Waals surface area (Å²) in [5, 5.41) is 5.30. The highest BCUT2D eigenvalue weighted by atomic mass is 19.1. The number of nitrogens with one attached hydrogen (secondary N) is 1. The fraction of sp³-hybridized carbons (Fsp3) is 0.417. The van der Waals surface area contributed by atoms with E-state index in [1.54, 1.807) is 33.7 Å². The van der Waals surface area contributed by atoms with E-state index in [-0.39, 0.29) is 36.0 Å². The number of hydrogen-bond acceptors (Lipinski definition) is 4. The molecule has 4 rings (SSSR count). The van der Waals surface area contributed by atoms with Crippen LogP contribution in [0.4, 0.5) is 4.39 Å². The Kier molecular flexibility index (Phi) is 6.31. The summed E-state index contributed by atoms with van der Waals surface area (Å²) in [5.74, 6) is -0.385. The molecule has 0 saturated carbocycles.